The second-order valence-corrected chi connectivity index (χ2v) is 5.25. The maximum atomic E-state index is 13.0. The van der Waals surface area contributed by atoms with Crippen LogP contribution in [0.3, 0.4) is 0 Å². The van der Waals surface area contributed by atoms with Gasteiger partial charge in [-0.25, -0.2) is 4.39 Å². The van der Waals surface area contributed by atoms with Crippen LogP contribution in [0.4, 0.5) is 4.39 Å². The molecule has 2 nitrogen and oxygen atoms in total. The van der Waals surface area contributed by atoms with Gasteiger partial charge in [0.25, 0.3) is 0 Å². The molecule has 20 heavy (non-hydrogen) atoms. The monoisotopic (exact) mass is 336 g/mol. The maximum Gasteiger partial charge on any atom is 0.164 e. The van der Waals surface area contributed by atoms with Crippen molar-refractivity contribution in [3.8, 4) is 5.75 Å². The van der Waals surface area contributed by atoms with Gasteiger partial charge in [0.1, 0.15) is 11.6 Å². The largest absolute Gasteiger partial charge is 0.497 e. The van der Waals surface area contributed by atoms with Gasteiger partial charge in [0.2, 0.25) is 0 Å². The van der Waals surface area contributed by atoms with E-state index >= 15 is 0 Å². The predicted molar refractivity (Wildman–Crippen MR) is 79.7 cm³/mol. The van der Waals surface area contributed by atoms with Crippen molar-refractivity contribution in [1.82, 2.24) is 0 Å². The normalized spacial score (nSPS) is 10.3. The van der Waals surface area contributed by atoms with E-state index in [0.29, 0.717) is 22.9 Å². The number of carbonyl (C=O) groups excluding carboxylic acids is 1. The van der Waals surface area contributed by atoms with Crippen LogP contribution in [0.1, 0.15) is 22.3 Å². The Balaban J connectivity index is 2.00. The topological polar surface area (TPSA) is 26.3 Å². The third-order valence-electron chi connectivity index (χ3n) is 3.03. The molecule has 2 aromatic carbocycles. The molecule has 0 amide bonds. The molecule has 0 radical (unpaired) electrons. The Morgan fingerprint density at radius 2 is 1.90 bits per heavy atom. The van der Waals surface area contributed by atoms with Crippen LogP contribution >= 0.6 is 15.9 Å². The van der Waals surface area contributed by atoms with Crippen LogP contribution in [0.2, 0.25) is 0 Å². The van der Waals surface area contributed by atoms with Crippen LogP contribution in [0.5, 0.6) is 5.75 Å². The highest BCUT2D eigenvalue weighted by molar-refractivity contribution is 9.10. The number of hydrogen-bond acceptors (Lipinski definition) is 2. The van der Waals surface area contributed by atoms with Crippen LogP contribution in [0.25, 0.3) is 0 Å². The Morgan fingerprint density at radius 1 is 1.20 bits per heavy atom. The van der Waals surface area contributed by atoms with Crippen LogP contribution < -0.4 is 4.74 Å². The van der Waals surface area contributed by atoms with Crippen molar-refractivity contribution in [1.29, 1.82) is 0 Å². The number of carbonyl (C=O) groups is 1. The van der Waals surface area contributed by atoms with Crippen LogP contribution in [-0.2, 0) is 6.42 Å². The molecule has 0 aliphatic heterocycles. The van der Waals surface area contributed by atoms with E-state index in [1.165, 1.54) is 18.2 Å². The van der Waals surface area contributed by atoms with E-state index in [9.17, 15) is 9.18 Å². The third kappa shape index (κ3) is 3.67. The number of Topliss-reactive ketones (excluding diaryl/α,β-unsaturated/α-hetero) is 1. The van der Waals surface area contributed by atoms with Crippen LogP contribution in [0.15, 0.2) is 46.9 Å². The molecule has 4 heteroatoms. The molecule has 0 fully saturated rings. The number of benzene rings is 2. The lowest BCUT2D eigenvalue weighted by molar-refractivity contribution is 0.0982. The van der Waals surface area contributed by atoms with Crippen molar-refractivity contribution < 1.29 is 13.9 Å². The van der Waals surface area contributed by atoms with Gasteiger partial charge in [-0.05, 0) is 58.2 Å². The fourth-order valence-corrected chi connectivity index (χ4v) is 2.47. The van der Waals surface area contributed by atoms with Gasteiger partial charge in [0.15, 0.2) is 5.78 Å². The molecular formula is C16H14BrFO2. The van der Waals surface area contributed by atoms with Crippen molar-refractivity contribution in [3.05, 3.63) is 63.9 Å². The minimum atomic E-state index is -0.358. The summed E-state index contributed by atoms with van der Waals surface area (Å²) in [7, 11) is 1.62. The zero-order valence-corrected chi connectivity index (χ0v) is 12.6. The Labute approximate surface area is 125 Å². The van der Waals surface area contributed by atoms with Gasteiger partial charge in [0.05, 0.1) is 7.11 Å². The predicted octanol–water partition coefficient (Wildman–Crippen LogP) is 4.41. The van der Waals surface area contributed by atoms with E-state index in [2.05, 4.69) is 15.9 Å². The fourth-order valence-electron chi connectivity index (χ4n) is 1.90. The Kier molecular flexibility index (Phi) is 4.90. The van der Waals surface area contributed by atoms with E-state index in [0.717, 1.165) is 11.3 Å². The molecule has 0 heterocycles. The van der Waals surface area contributed by atoms with Crippen molar-refractivity contribution in [2.75, 3.05) is 7.11 Å². The molecule has 0 atom stereocenters. The van der Waals surface area contributed by atoms with Gasteiger partial charge in [-0.1, -0.05) is 12.1 Å². The molecule has 0 N–H and O–H groups in total. The van der Waals surface area contributed by atoms with E-state index in [-0.39, 0.29) is 11.6 Å². The molecule has 0 saturated carbocycles. The lowest BCUT2D eigenvalue weighted by Crippen LogP contribution is -2.02. The number of aryl methyl sites for hydroxylation is 1. The highest BCUT2D eigenvalue weighted by Crippen LogP contribution is 2.20. The number of hydrogen-bond donors (Lipinski definition) is 0. The van der Waals surface area contributed by atoms with E-state index < -0.39 is 0 Å². The number of halogens is 2. The highest BCUT2D eigenvalue weighted by atomic mass is 79.9. The Hall–Kier alpha value is -1.68. The number of ketones is 1. The lowest BCUT2D eigenvalue weighted by Gasteiger charge is -2.05. The van der Waals surface area contributed by atoms with Crippen LogP contribution in [-0.4, -0.2) is 12.9 Å². The molecule has 0 aliphatic carbocycles. The third-order valence-corrected chi connectivity index (χ3v) is 3.69. The first kappa shape index (κ1) is 14.7. The summed E-state index contributed by atoms with van der Waals surface area (Å²) in [4.78, 5) is 12.1. The summed E-state index contributed by atoms with van der Waals surface area (Å²) in [6, 6.07) is 11.7. The molecular weight excluding hydrogens is 323 g/mol. The average molecular weight is 337 g/mol. The molecule has 104 valence electrons. The summed E-state index contributed by atoms with van der Waals surface area (Å²) in [5.41, 5.74) is 1.58. The van der Waals surface area contributed by atoms with Crippen molar-refractivity contribution in [3.63, 3.8) is 0 Å². The van der Waals surface area contributed by atoms with E-state index in [1.807, 2.05) is 24.3 Å². The van der Waals surface area contributed by atoms with Gasteiger partial charge in [-0.3, -0.25) is 4.79 Å². The van der Waals surface area contributed by atoms with Gasteiger partial charge in [-0.2, -0.15) is 0 Å². The lowest BCUT2D eigenvalue weighted by atomic mass is 10.0. The summed E-state index contributed by atoms with van der Waals surface area (Å²) in [5.74, 6) is 0.428. The summed E-state index contributed by atoms with van der Waals surface area (Å²) in [5, 5.41) is 0. The quantitative estimate of drug-likeness (QED) is 0.756. The van der Waals surface area contributed by atoms with Gasteiger partial charge < -0.3 is 4.74 Å². The fraction of sp³-hybridized carbons (Fsp3) is 0.188. The van der Waals surface area contributed by atoms with Gasteiger partial charge >= 0.3 is 0 Å². The number of rotatable bonds is 5. The van der Waals surface area contributed by atoms with Gasteiger partial charge in [0, 0.05) is 16.5 Å². The van der Waals surface area contributed by atoms with E-state index in [1.54, 1.807) is 7.11 Å². The van der Waals surface area contributed by atoms with Crippen LogP contribution in [0, 0.1) is 5.82 Å². The molecule has 0 saturated heterocycles. The summed E-state index contributed by atoms with van der Waals surface area (Å²) < 4.78 is 18.6. The SMILES string of the molecule is COc1ccc(CCC(=O)c2ccc(F)cc2Br)cc1. The number of ether oxygens (including phenoxy) is 1. The highest BCUT2D eigenvalue weighted by Gasteiger charge is 2.10. The first-order valence-electron chi connectivity index (χ1n) is 6.21. The molecule has 2 rings (SSSR count). The molecule has 0 aromatic heterocycles. The second-order valence-electron chi connectivity index (χ2n) is 4.40. The standard InChI is InChI=1S/C16H14BrFO2/c1-20-13-6-2-11(3-7-13)4-9-16(19)14-8-5-12(18)10-15(14)17/h2-3,5-8,10H,4,9H2,1H3. The molecule has 2 aromatic rings. The molecule has 0 aliphatic rings. The van der Waals surface area contributed by atoms with Crippen molar-refractivity contribution in [2.45, 2.75) is 12.8 Å². The average Bonchev–Trinajstić information content (AvgIpc) is 2.45. The van der Waals surface area contributed by atoms with Gasteiger partial charge in [-0.15, -0.1) is 0 Å². The summed E-state index contributed by atoms with van der Waals surface area (Å²) in [6.45, 7) is 0. The van der Waals surface area contributed by atoms with Crippen molar-refractivity contribution >= 4 is 21.7 Å². The first-order valence-corrected chi connectivity index (χ1v) is 7.00. The summed E-state index contributed by atoms with van der Waals surface area (Å²) >= 11 is 3.22. The Morgan fingerprint density at radius 3 is 2.50 bits per heavy atom. The minimum Gasteiger partial charge on any atom is -0.497 e. The molecule has 0 spiro atoms. The smallest absolute Gasteiger partial charge is 0.164 e. The minimum absolute atomic E-state index is 0.00677. The summed E-state index contributed by atoms with van der Waals surface area (Å²) in [6.07, 6.45) is 1.03. The second kappa shape index (κ2) is 6.66. The van der Waals surface area contributed by atoms with E-state index in [4.69, 9.17) is 4.74 Å². The first-order chi connectivity index (χ1) is 9.60. The molecule has 0 bridgehead atoms. The zero-order valence-electron chi connectivity index (χ0n) is 11.0. The van der Waals surface area contributed by atoms with Crippen molar-refractivity contribution in [2.24, 2.45) is 0 Å². The number of methoxy groups -OCH3 is 1. The zero-order chi connectivity index (χ0) is 14.5. The maximum absolute atomic E-state index is 13.0. The Bertz CT molecular complexity index is 608. The molecule has 0 unspecified atom stereocenters.